The van der Waals surface area contributed by atoms with Gasteiger partial charge in [-0.3, -0.25) is 4.79 Å². The summed E-state index contributed by atoms with van der Waals surface area (Å²) in [5, 5.41) is 2.98. The van der Waals surface area contributed by atoms with Gasteiger partial charge in [0.15, 0.2) is 11.5 Å². The molecule has 0 radical (unpaired) electrons. The zero-order valence-electron chi connectivity index (χ0n) is 18.9. The van der Waals surface area contributed by atoms with Gasteiger partial charge in [-0.2, -0.15) is 0 Å². The van der Waals surface area contributed by atoms with Gasteiger partial charge in [-0.15, -0.1) is 0 Å². The number of pyridine rings is 1. The standard InChI is InChI=1S/C25H25N3O5S.H2/c1-28(34(2,30)31)15-17-6-8-18(9-7-17)20-4-3-5-23(26-20)27-24(29)25(12-13-25)19-10-11-21-22(14-19)33-16-32-21;/h3-11,14H,12-13,15-16H2,1-2H3,(H,26,27,29);1H. The summed E-state index contributed by atoms with van der Waals surface area (Å²) in [6, 6.07) is 18.7. The van der Waals surface area contributed by atoms with E-state index in [0.717, 1.165) is 29.5 Å². The molecule has 0 spiro atoms. The highest BCUT2D eigenvalue weighted by atomic mass is 32.2. The van der Waals surface area contributed by atoms with Crippen molar-refractivity contribution in [2.75, 3.05) is 25.4 Å². The molecule has 1 aliphatic heterocycles. The minimum Gasteiger partial charge on any atom is -0.454 e. The number of hydrogen-bond acceptors (Lipinski definition) is 6. The Morgan fingerprint density at radius 2 is 1.82 bits per heavy atom. The van der Waals surface area contributed by atoms with E-state index in [2.05, 4.69) is 10.3 Å². The van der Waals surface area contributed by atoms with Crippen molar-refractivity contribution in [1.29, 1.82) is 0 Å². The fraction of sp³-hybridized carbons (Fsp3) is 0.280. The smallest absolute Gasteiger partial charge is 0.236 e. The van der Waals surface area contributed by atoms with E-state index in [1.54, 1.807) is 13.1 Å². The average molecular weight is 482 g/mol. The molecule has 9 heteroatoms. The molecule has 0 bridgehead atoms. The quantitative estimate of drug-likeness (QED) is 0.552. The van der Waals surface area contributed by atoms with Crippen molar-refractivity contribution in [3.8, 4) is 22.8 Å². The summed E-state index contributed by atoms with van der Waals surface area (Å²) in [6.07, 6.45) is 2.71. The number of anilines is 1. The second-order valence-electron chi connectivity index (χ2n) is 8.73. The van der Waals surface area contributed by atoms with Gasteiger partial charge in [0.2, 0.25) is 22.7 Å². The largest absolute Gasteiger partial charge is 0.454 e. The monoisotopic (exact) mass is 481 g/mol. The summed E-state index contributed by atoms with van der Waals surface area (Å²) in [5.74, 6) is 1.76. The van der Waals surface area contributed by atoms with Crippen molar-refractivity contribution < 1.29 is 24.1 Å². The predicted octanol–water partition coefficient (Wildman–Crippen LogP) is 3.79. The van der Waals surface area contributed by atoms with Gasteiger partial charge in [-0.25, -0.2) is 17.7 Å². The lowest BCUT2D eigenvalue weighted by molar-refractivity contribution is -0.118. The molecule has 2 aliphatic rings. The van der Waals surface area contributed by atoms with E-state index in [0.29, 0.717) is 29.6 Å². The summed E-state index contributed by atoms with van der Waals surface area (Å²) < 4.78 is 35.4. The molecule has 8 nitrogen and oxygen atoms in total. The van der Waals surface area contributed by atoms with Crippen molar-refractivity contribution >= 4 is 21.7 Å². The maximum absolute atomic E-state index is 13.2. The summed E-state index contributed by atoms with van der Waals surface area (Å²) >= 11 is 0. The fourth-order valence-corrected chi connectivity index (χ4v) is 4.41. The molecule has 0 atom stereocenters. The molecule has 1 aromatic heterocycles. The molecule has 5 rings (SSSR count). The number of nitrogens with one attached hydrogen (secondary N) is 1. The van der Waals surface area contributed by atoms with Gasteiger partial charge in [0.05, 0.1) is 17.4 Å². The lowest BCUT2D eigenvalue weighted by atomic mass is 9.94. The third-order valence-corrected chi connectivity index (χ3v) is 7.58. The van der Waals surface area contributed by atoms with E-state index >= 15 is 0 Å². The molecular formula is C25H27N3O5S. The molecule has 1 saturated carbocycles. The van der Waals surface area contributed by atoms with E-state index in [9.17, 15) is 13.2 Å². The second kappa shape index (κ2) is 8.41. The van der Waals surface area contributed by atoms with Gasteiger partial charge in [0.1, 0.15) is 5.82 Å². The number of fused-ring (bicyclic) bond motifs is 1. The maximum atomic E-state index is 13.2. The highest BCUT2D eigenvalue weighted by molar-refractivity contribution is 7.88. The number of aromatic nitrogens is 1. The summed E-state index contributed by atoms with van der Waals surface area (Å²) in [7, 11) is -1.69. The number of rotatable bonds is 7. The first kappa shape index (κ1) is 22.4. The number of hydrogen-bond donors (Lipinski definition) is 1. The van der Waals surface area contributed by atoms with Gasteiger partial charge < -0.3 is 14.8 Å². The third kappa shape index (κ3) is 4.36. The molecule has 1 amide bonds. The predicted molar refractivity (Wildman–Crippen MR) is 130 cm³/mol. The summed E-state index contributed by atoms with van der Waals surface area (Å²) in [5.41, 5.74) is 2.81. The van der Waals surface area contributed by atoms with Crippen molar-refractivity contribution in [2.45, 2.75) is 24.8 Å². The molecule has 0 unspecified atom stereocenters. The van der Waals surface area contributed by atoms with Gasteiger partial charge in [-0.05, 0) is 48.2 Å². The van der Waals surface area contributed by atoms with Gasteiger partial charge in [-0.1, -0.05) is 36.4 Å². The number of amides is 1. The first-order chi connectivity index (χ1) is 16.2. The fourth-order valence-electron chi connectivity index (χ4n) is 4.02. The van der Waals surface area contributed by atoms with Crippen LogP contribution in [-0.2, 0) is 26.8 Å². The van der Waals surface area contributed by atoms with E-state index in [1.165, 1.54) is 10.6 Å². The van der Waals surface area contributed by atoms with Crippen molar-refractivity contribution in [1.82, 2.24) is 9.29 Å². The molecule has 34 heavy (non-hydrogen) atoms. The van der Waals surface area contributed by atoms with Gasteiger partial charge in [0, 0.05) is 20.6 Å². The maximum Gasteiger partial charge on any atom is 0.236 e. The van der Waals surface area contributed by atoms with Crippen molar-refractivity contribution in [2.24, 2.45) is 0 Å². The average Bonchev–Trinajstić information content (AvgIpc) is 3.50. The highest BCUT2D eigenvalue weighted by Crippen LogP contribution is 2.51. The Labute approximate surface area is 200 Å². The van der Waals surface area contributed by atoms with Crippen LogP contribution in [0.2, 0.25) is 0 Å². The van der Waals surface area contributed by atoms with Crippen LogP contribution >= 0.6 is 0 Å². The van der Waals surface area contributed by atoms with Crippen molar-refractivity contribution in [3.05, 3.63) is 71.8 Å². The highest BCUT2D eigenvalue weighted by Gasteiger charge is 2.51. The zero-order valence-corrected chi connectivity index (χ0v) is 19.8. The zero-order chi connectivity index (χ0) is 23.9. The SMILES string of the molecule is CN(Cc1ccc(-c2cccc(NC(=O)C3(c4ccc5c(c4)OCO5)CC3)n2)cc1)S(C)(=O)=O.[HH]. The van der Waals surface area contributed by atoms with Gasteiger partial charge >= 0.3 is 0 Å². The molecule has 178 valence electrons. The van der Waals surface area contributed by atoms with Crippen LogP contribution in [0.15, 0.2) is 60.7 Å². The third-order valence-electron chi connectivity index (χ3n) is 6.32. The van der Waals surface area contributed by atoms with Crippen LogP contribution in [0.25, 0.3) is 11.3 Å². The Morgan fingerprint density at radius 1 is 1.09 bits per heavy atom. The Bertz CT molecular complexity index is 1360. The number of carbonyl (C=O) groups excluding carboxylic acids is 1. The summed E-state index contributed by atoms with van der Waals surface area (Å²) in [6.45, 7) is 0.495. The molecule has 1 fully saturated rings. The number of ether oxygens (including phenoxy) is 2. The first-order valence-electron chi connectivity index (χ1n) is 10.9. The van der Waals surface area contributed by atoms with E-state index in [1.807, 2.05) is 54.6 Å². The topological polar surface area (TPSA) is 97.8 Å². The van der Waals surface area contributed by atoms with Crippen LogP contribution in [0.5, 0.6) is 11.5 Å². The second-order valence-corrected chi connectivity index (χ2v) is 10.8. The van der Waals surface area contributed by atoms with E-state index < -0.39 is 15.4 Å². The van der Waals surface area contributed by atoms with Crippen LogP contribution in [0.1, 0.15) is 25.4 Å². The first-order valence-corrected chi connectivity index (χ1v) is 12.8. The molecule has 1 N–H and O–H groups in total. The number of sulfonamides is 1. The van der Waals surface area contributed by atoms with Crippen LogP contribution < -0.4 is 14.8 Å². The van der Waals surface area contributed by atoms with Crippen LogP contribution in [0, 0.1) is 0 Å². The minimum absolute atomic E-state index is 0. The number of benzene rings is 2. The molecular weight excluding hydrogens is 454 g/mol. The Kier molecular flexibility index (Phi) is 5.53. The lowest BCUT2D eigenvalue weighted by Crippen LogP contribution is -2.28. The van der Waals surface area contributed by atoms with Crippen LogP contribution in [-0.4, -0.2) is 43.7 Å². The molecule has 3 aromatic rings. The van der Waals surface area contributed by atoms with Crippen LogP contribution in [0.3, 0.4) is 0 Å². The normalized spacial score (nSPS) is 15.9. The Hall–Kier alpha value is -3.43. The van der Waals surface area contributed by atoms with Crippen LogP contribution in [0.4, 0.5) is 5.82 Å². The number of carbonyl (C=O) groups is 1. The molecule has 0 saturated heterocycles. The minimum atomic E-state index is -3.24. The van der Waals surface area contributed by atoms with E-state index in [-0.39, 0.29) is 14.1 Å². The lowest BCUT2D eigenvalue weighted by Gasteiger charge is -2.16. The molecule has 2 heterocycles. The molecule has 2 aromatic carbocycles. The Balaban J connectivity index is 0.00000289. The summed E-state index contributed by atoms with van der Waals surface area (Å²) in [4.78, 5) is 17.8. The van der Waals surface area contributed by atoms with Crippen molar-refractivity contribution in [3.63, 3.8) is 0 Å². The number of nitrogens with zero attached hydrogens (tertiary/aromatic N) is 2. The molecule has 1 aliphatic carbocycles. The Morgan fingerprint density at radius 3 is 2.53 bits per heavy atom. The van der Waals surface area contributed by atoms with E-state index in [4.69, 9.17) is 9.47 Å². The van der Waals surface area contributed by atoms with Gasteiger partial charge in [0.25, 0.3) is 0 Å².